The molecule has 1 spiro atoms. The zero-order chi connectivity index (χ0) is 22.2. The molecule has 2 amide bonds. The number of hydrogen-bond donors (Lipinski definition) is 1. The van der Waals surface area contributed by atoms with E-state index in [2.05, 4.69) is 10.3 Å². The van der Waals surface area contributed by atoms with Crippen molar-refractivity contribution in [1.82, 2.24) is 9.88 Å². The molecule has 31 heavy (non-hydrogen) atoms. The van der Waals surface area contributed by atoms with E-state index in [4.69, 9.17) is 13.9 Å². The number of benzene rings is 1. The zero-order valence-electron chi connectivity index (χ0n) is 17.8. The van der Waals surface area contributed by atoms with Crippen molar-refractivity contribution in [2.24, 2.45) is 5.41 Å². The maximum absolute atomic E-state index is 14.6. The monoisotopic (exact) mass is 431 g/mol. The van der Waals surface area contributed by atoms with E-state index < -0.39 is 11.7 Å². The number of rotatable bonds is 4. The first-order valence-corrected chi connectivity index (χ1v) is 10.2. The molecule has 1 aromatic heterocycles. The molecule has 0 bridgehead atoms. The molecule has 1 aliphatic heterocycles. The van der Waals surface area contributed by atoms with Crippen LogP contribution in [0.5, 0.6) is 0 Å². The molecule has 2 heterocycles. The van der Waals surface area contributed by atoms with Crippen LogP contribution in [0.15, 0.2) is 35.2 Å². The number of carbonyl (C=O) groups excluding carboxylic acids is 2. The van der Waals surface area contributed by atoms with Crippen LogP contribution in [0, 0.1) is 11.2 Å². The lowest BCUT2D eigenvalue weighted by molar-refractivity contribution is -0.0790. The highest BCUT2D eigenvalue weighted by Crippen LogP contribution is 2.56. The van der Waals surface area contributed by atoms with Gasteiger partial charge in [0.15, 0.2) is 18.8 Å². The first-order chi connectivity index (χ1) is 14.6. The summed E-state index contributed by atoms with van der Waals surface area (Å²) in [6.07, 6.45) is 3.35. The van der Waals surface area contributed by atoms with Gasteiger partial charge in [0.25, 0.3) is 0 Å². The lowest BCUT2D eigenvalue weighted by atomic mass is 9.56. The Kier molecular flexibility index (Phi) is 5.36. The van der Waals surface area contributed by atoms with Crippen LogP contribution < -0.4 is 5.32 Å². The Morgan fingerprint density at radius 1 is 1.32 bits per heavy atom. The number of carbonyl (C=O) groups is 2. The van der Waals surface area contributed by atoms with E-state index in [0.29, 0.717) is 30.1 Å². The molecule has 0 atom stereocenters. The Balaban J connectivity index is 1.25. The van der Waals surface area contributed by atoms with E-state index in [0.717, 1.165) is 12.8 Å². The van der Waals surface area contributed by atoms with Gasteiger partial charge >= 0.3 is 12.2 Å². The number of nitrogens with zero attached hydrogens (tertiary/aromatic N) is 2. The second-order valence-corrected chi connectivity index (χ2v) is 9.35. The van der Waals surface area contributed by atoms with Gasteiger partial charge in [0.05, 0.1) is 6.20 Å². The van der Waals surface area contributed by atoms with Crippen molar-refractivity contribution in [3.63, 3.8) is 0 Å². The van der Waals surface area contributed by atoms with E-state index in [1.54, 1.807) is 17.0 Å². The Morgan fingerprint density at radius 2 is 2.06 bits per heavy atom. The highest BCUT2D eigenvalue weighted by Gasteiger charge is 2.55. The topological polar surface area (TPSA) is 93.9 Å². The highest BCUT2D eigenvalue weighted by atomic mass is 19.1. The van der Waals surface area contributed by atoms with Crippen molar-refractivity contribution in [2.45, 2.75) is 51.7 Å². The quantitative estimate of drug-likeness (QED) is 0.756. The first kappa shape index (κ1) is 21.1. The summed E-state index contributed by atoms with van der Waals surface area (Å²) in [4.78, 5) is 29.4. The number of hydrogen-bond acceptors (Lipinski definition) is 6. The van der Waals surface area contributed by atoms with Gasteiger partial charge in [-0.3, -0.25) is 5.32 Å². The minimum absolute atomic E-state index is 0.0587. The van der Waals surface area contributed by atoms with Gasteiger partial charge in [-0.25, -0.2) is 19.0 Å². The summed E-state index contributed by atoms with van der Waals surface area (Å²) in [7, 11) is 0. The lowest BCUT2D eigenvalue weighted by Gasteiger charge is -2.58. The third-order valence-corrected chi connectivity index (χ3v) is 5.58. The molecule has 1 saturated carbocycles. The molecule has 166 valence electrons. The summed E-state index contributed by atoms with van der Waals surface area (Å²) < 4.78 is 30.0. The van der Waals surface area contributed by atoms with Crippen LogP contribution in [-0.4, -0.2) is 40.8 Å². The number of ether oxygens (including phenoxy) is 2. The average Bonchev–Trinajstić information content (AvgIpc) is 3.11. The molecule has 1 aliphatic carbocycles. The molecule has 1 N–H and O–H groups in total. The second kappa shape index (κ2) is 7.86. The molecule has 9 heteroatoms. The van der Waals surface area contributed by atoms with Crippen LogP contribution in [0.1, 0.15) is 50.9 Å². The number of anilines is 1. The van der Waals surface area contributed by atoms with Gasteiger partial charge in [0, 0.05) is 24.2 Å². The molecule has 4 rings (SSSR count). The molecule has 2 fully saturated rings. The van der Waals surface area contributed by atoms with Gasteiger partial charge in [-0.05, 0) is 57.2 Å². The Morgan fingerprint density at radius 3 is 2.68 bits per heavy atom. The predicted octanol–water partition coefficient (Wildman–Crippen LogP) is 4.68. The molecule has 0 unspecified atom stereocenters. The van der Waals surface area contributed by atoms with Crippen molar-refractivity contribution in [2.75, 3.05) is 18.4 Å². The average molecular weight is 431 g/mol. The third-order valence-electron chi connectivity index (χ3n) is 5.58. The molecule has 2 aliphatic rings. The molecule has 1 aromatic carbocycles. The maximum atomic E-state index is 14.6. The van der Waals surface area contributed by atoms with Crippen molar-refractivity contribution in [3.05, 3.63) is 47.9 Å². The Hall–Kier alpha value is -3.10. The van der Waals surface area contributed by atoms with Gasteiger partial charge in [-0.15, -0.1) is 0 Å². The van der Waals surface area contributed by atoms with Crippen LogP contribution in [0.25, 0.3) is 0 Å². The van der Waals surface area contributed by atoms with Crippen LogP contribution in [0.3, 0.4) is 0 Å². The van der Waals surface area contributed by atoms with Crippen molar-refractivity contribution >= 4 is 17.9 Å². The number of aromatic nitrogens is 1. The van der Waals surface area contributed by atoms with Gasteiger partial charge < -0.3 is 18.8 Å². The van der Waals surface area contributed by atoms with E-state index in [-0.39, 0.29) is 29.9 Å². The van der Waals surface area contributed by atoms with E-state index in [1.165, 1.54) is 18.7 Å². The van der Waals surface area contributed by atoms with E-state index in [1.807, 2.05) is 20.8 Å². The SMILES string of the molecule is CC(C)(C)OC(=O)N1CC2(CC(c3ccc(NC(=O)OCc4cnco4)cc3F)C2)C1. The number of likely N-dealkylation sites (tertiary alicyclic amines) is 1. The van der Waals surface area contributed by atoms with Crippen LogP contribution in [0.4, 0.5) is 19.7 Å². The first-order valence-electron chi connectivity index (χ1n) is 10.2. The third kappa shape index (κ3) is 4.81. The van der Waals surface area contributed by atoms with Crippen LogP contribution >= 0.6 is 0 Å². The normalized spacial score (nSPS) is 17.6. The van der Waals surface area contributed by atoms with E-state index >= 15 is 0 Å². The molecule has 1 saturated heterocycles. The summed E-state index contributed by atoms with van der Waals surface area (Å²) in [5.74, 6) is 0.154. The molecular formula is C22H26FN3O5. The van der Waals surface area contributed by atoms with Crippen molar-refractivity contribution in [3.8, 4) is 0 Å². The maximum Gasteiger partial charge on any atom is 0.412 e. The standard InChI is InChI=1S/C22H26FN3O5/c1-21(2,3)31-20(28)26-11-22(12-26)7-14(8-22)17-5-4-15(6-18(17)23)25-19(27)29-10-16-9-24-13-30-16/h4-6,9,13-14H,7-8,10-12H2,1-3H3,(H,25,27). The Labute approximate surface area is 179 Å². The highest BCUT2D eigenvalue weighted by molar-refractivity contribution is 5.84. The largest absolute Gasteiger partial charge is 0.445 e. The molecule has 2 aromatic rings. The van der Waals surface area contributed by atoms with Gasteiger partial charge in [-0.1, -0.05) is 6.07 Å². The van der Waals surface area contributed by atoms with Crippen molar-refractivity contribution < 1.29 is 27.9 Å². The van der Waals surface area contributed by atoms with Gasteiger partial charge in [0.1, 0.15) is 11.4 Å². The Bertz CT molecular complexity index is 956. The number of nitrogens with one attached hydrogen (secondary N) is 1. The molecule has 0 radical (unpaired) electrons. The van der Waals surface area contributed by atoms with Gasteiger partial charge in [-0.2, -0.15) is 0 Å². The van der Waals surface area contributed by atoms with Crippen LogP contribution in [-0.2, 0) is 16.1 Å². The minimum Gasteiger partial charge on any atom is -0.445 e. The number of amides is 2. The minimum atomic E-state index is -0.706. The van der Waals surface area contributed by atoms with Gasteiger partial charge in [0.2, 0.25) is 0 Å². The summed E-state index contributed by atoms with van der Waals surface area (Å²) in [5.41, 5.74) is 0.498. The number of halogens is 1. The zero-order valence-corrected chi connectivity index (χ0v) is 17.8. The fourth-order valence-electron chi connectivity index (χ4n) is 4.22. The molecular weight excluding hydrogens is 405 g/mol. The summed E-state index contributed by atoms with van der Waals surface area (Å²) >= 11 is 0. The summed E-state index contributed by atoms with van der Waals surface area (Å²) in [5, 5.41) is 2.50. The lowest BCUT2D eigenvalue weighted by Crippen LogP contribution is -2.63. The second-order valence-electron chi connectivity index (χ2n) is 9.35. The fourth-order valence-corrected chi connectivity index (χ4v) is 4.22. The van der Waals surface area contributed by atoms with Crippen LogP contribution in [0.2, 0.25) is 0 Å². The van der Waals surface area contributed by atoms with E-state index in [9.17, 15) is 14.0 Å². The molecule has 8 nitrogen and oxygen atoms in total. The predicted molar refractivity (Wildman–Crippen MR) is 109 cm³/mol. The van der Waals surface area contributed by atoms with Crippen molar-refractivity contribution in [1.29, 1.82) is 0 Å². The summed E-state index contributed by atoms with van der Waals surface area (Å²) in [6.45, 7) is 6.77. The summed E-state index contributed by atoms with van der Waals surface area (Å²) in [6, 6.07) is 4.65. The number of oxazole rings is 1. The fraction of sp³-hybridized carbons (Fsp3) is 0.500. The smallest absolute Gasteiger partial charge is 0.412 e.